The summed E-state index contributed by atoms with van der Waals surface area (Å²) >= 11 is 2.99. The van der Waals surface area contributed by atoms with Gasteiger partial charge in [-0.25, -0.2) is 4.98 Å². The van der Waals surface area contributed by atoms with Gasteiger partial charge in [0.15, 0.2) is 5.13 Å². The zero-order chi connectivity index (χ0) is 23.7. The average Bonchev–Trinajstić information content (AvgIpc) is 3.40. The van der Waals surface area contributed by atoms with Crippen LogP contribution < -0.4 is 4.90 Å². The fourth-order valence-corrected chi connectivity index (χ4v) is 5.66. The highest BCUT2D eigenvalue weighted by atomic mass is 32.2. The molecule has 0 N–H and O–H groups in total. The normalized spacial score (nSPS) is 11.1. The van der Waals surface area contributed by atoms with Gasteiger partial charge in [0.05, 0.1) is 17.1 Å². The van der Waals surface area contributed by atoms with E-state index in [1.165, 1.54) is 34.2 Å². The van der Waals surface area contributed by atoms with E-state index in [4.69, 9.17) is 4.98 Å². The molecule has 0 aliphatic rings. The summed E-state index contributed by atoms with van der Waals surface area (Å²) in [6.07, 6.45) is 0. The number of aromatic nitrogens is 5. The van der Waals surface area contributed by atoms with Crippen LogP contribution in [0.5, 0.6) is 0 Å². The van der Waals surface area contributed by atoms with Gasteiger partial charge in [-0.05, 0) is 73.4 Å². The molecule has 0 spiro atoms. The minimum atomic E-state index is -0.0579. The number of tetrazole rings is 1. The van der Waals surface area contributed by atoms with Crippen molar-refractivity contribution in [2.45, 2.75) is 52.5 Å². The van der Waals surface area contributed by atoms with Crippen LogP contribution in [-0.4, -0.2) is 31.1 Å². The Bertz CT molecular complexity index is 1300. The maximum Gasteiger partial charge on any atom is 0.230 e. The Balaban J connectivity index is 1.58. The number of carbonyl (C=O) groups is 1. The summed E-state index contributed by atoms with van der Waals surface area (Å²) in [6.45, 7) is 11.8. The van der Waals surface area contributed by atoms with Crippen molar-refractivity contribution in [1.82, 2.24) is 25.2 Å². The second-order valence-corrected chi connectivity index (χ2v) is 9.88. The summed E-state index contributed by atoms with van der Waals surface area (Å²) in [6, 6.07) is 10.3. The zero-order valence-electron chi connectivity index (χ0n) is 19.6. The lowest BCUT2D eigenvalue weighted by Crippen LogP contribution is -2.24. The van der Waals surface area contributed by atoms with E-state index in [0.717, 1.165) is 33.8 Å². The van der Waals surface area contributed by atoms with E-state index < -0.39 is 0 Å². The maximum atomic E-state index is 12.6. The van der Waals surface area contributed by atoms with Crippen molar-refractivity contribution in [3.8, 4) is 5.69 Å². The molecular formula is C24H26N6OS2. The molecule has 0 aliphatic heterocycles. The Morgan fingerprint density at radius 3 is 2.52 bits per heavy atom. The molecule has 170 valence electrons. The number of hydrogen-bond donors (Lipinski definition) is 0. The number of hydrogen-bond acceptors (Lipinski definition) is 7. The number of amides is 1. The lowest BCUT2D eigenvalue weighted by Gasteiger charge is -2.23. The second-order valence-electron chi connectivity index (χ2n) is 8.10. The van der Waals surface area contributed by atoms with Gasteiger partial charge in [0.2, 0.25) is 11.1 Å². The van der Waals surface area contributed by atoms with Crippen LogP contribution in [0.3, 0.4) is 0 Å². The molecular weight excluding hydrogens is 452 g/mol. The van der Waals surface area contributed by atoms with Crippen molar-refractivity contribution in [3.05, 3.63) is 69.2 Å². The van der Waals surface area contributed by atoms with Gasteiger partial charge in [-0.2, -0.15) is 4.68 Å². The third-order valence-electron chi connectivity index (χ3n) is 5.50. The molecule has 33 heavy (non-hydrogen) atoms. The molecule has 7 nitrogen and oxygen atoms in total. The van der Waals surface area contributed by atoms with Crippen LogP contribution in [0.15, 0.2) is 40.9 Å². The van der Waals surface area contributed by atoms with Crippen molar-refractivity contribution in [3.63, 3.8) is 0 Å². The first-order valence-electron chi connectivity index (χ1n) is 10.6. The molecule has 0 aliphatic carbocycles. The molecule has 0 radical (unpaired) electrons. The van der Waals surface area contributed by atoms with Gasteiger partial charge < -0.3 is 0 Å². The van der Waals surface area contributed by atoms with Gasteiger partial charge in [0, 0.05) is 18.1 Å². The first-order valence-corrected chi connectivity index (χ1v) is 12.4. The monoisotopic (exact) mass is 478 g/mol. The van der Waals surface area contributed by atoms with E-state index in [9.17, 15) is 4.79 Å². The number of anilines is 2. The number of thiazole rings is 1. The van der Waals surface area contributed by atoms with Crippen LogP contribution in [0.25, 0.3) is 5.69 Å². The highest BCUT2D eigenvalue weighted by Gasteiger charge is 2.22. The molecule has 2 aromatic carbocycles. The molecule has 1 amide bonds. The number of carbonyl (C=O) groups excluding carboxylic acids is 1. The van der Waals surface area contributed by atoms with E-state index in [1.807, 2.05) is 31.4 Å². The van der Waals surface area contributed by atoms with E-state index >= 15 is 0 Å². The molecule has 0 saturated heterocycles. The SMILES string of the molecule is CC(=O)N(c1nc(CSc2nnnn2-c2cccc(C)c2C)cs1)c1c(C)cc(C)cc1C. The molecule has 0 unspecified atom stereocenters. The van der Waals surface area contributed by atoms with Gasteiger partial charge in [0.25, 0.3) is 0 Å². The van der Waals surface area contributed by atoms with Crippen LogP contribution in [0.1, 0.15) is 40.4 Å². The summed E-state index contributed by atoms with van der Waals surface area (Å²) in [7, 11) is 0. The topological polar surface area (TPSA) is 76.8 Å². The highest BCUT2D eigenvalue weighted by molar-refractivity contribution is 7.98. The highest BCUT2D eigenvalue weighted by Crippen LogP contribution is 2.35. The fraction of sp³-hybridized carbons (Fsp3) is 0.292. The Hall–Kier alpha value is -3.04. The van der Waals surface area contributed by atoms with Gasteiger partial charge in [0.1, 0.15) is 0 Å². The third-order valence-corrected chi connectivity index (χ3v) is 7.33. The Kier molecular flexibility index (Phi) is 6.62. The molecule has 9 heteroatoms. The molecule has 2 aromatic heterocycles. The minimum absolute atomic E-state index is 0.0579. The van der Waals surface area contributed by atoms with Crippen molar-refractivity contribution in [2.24, 2.45) is 0 Å². The zero-order valence-corrected chi connectivity index (χ0v) is 21.2. The number of nitrogens with zero attached hydrogens (tertiary/aromatic N) is 6. The average molecular weight is 479 g/mol. The van der Waals surface area contributed by atoms with Gasteiger partial charge >= 0.3 is 0 Å². The molecule has 4 rings (SSSR count). The van der Waals surface area contributed by atoms with Crippen molar-refractivity contribution in [1.29, 1.82) is 0 Å². The van der Waals surface area contributed by atoms with Crippen LogP contribution in [0, 0.1) is 34.6 Å². The van der Waals surface area contributed by atoms with Crippen LogP contribution >= 0.6 is 23.1 Å². The van der Waals surface area contributed by atoms with Gasteiger partial charge in [-0.1, -0.05) is 41.6 Å². The quantitative estimate of drug-likeness (QED) is 0.334. The smallest absolute Gasteiger partial charge is 0.230 e. The minimum Gasteiger partial charge on any atom is -0.274 e. The molecule has 0 saturated carbocycles. The number of thioether (sulfide) groups is 1. The Labute approximate surface area is 201 Å². The first-order chi connectivity index (χ1) is 15.8. The second kappa shape index (κ2) is 9.44. The van der Waals surface area contributed by atoms with Gasteiger partial charge in [-0.15, -0.1) is 16.4 Å². The molecule has 0 fully saturated rings. The van der Waals surface area contributed by atoms with Gasteiger partial charge in [-0.3, -0.25) is 9.69 Å². The van der Waals surface area contributed by atoms with Crippen LogP contribution in [-0.2, 0) is 10.5 Å². The lowest BCUT2D eigenvalue weighted by molar-refractivity contribution is -0.115. The van der Waals surface area contributed by atoms with Crippen LogP contribution in [0.4, 0.5) is 10.8 Å². The first kappa shape index (κ1) is 23.1. The molecule has 2 heterocycles. The summed E-state index contributed by atoms with van der Waals surface area (Å²) < 4.78 is 1.77. The molecule has 0 bridgehead atoms. The number of rotatable bonds is 6. The fourth-order valence-electron chi connectivity index (χ4n) is 3.90. The van der Waals surface area contributed by atoms with Crippen LogP contribution in [0.2, 0.25) is 0 Å². The summed E-state index contributed by atoms with van der Waals surface area (Å²) in [5, 5.41) is 15.6. The number of aryl methyl sites for hydroxylation is 4. The predicted octanol–water partition coefficient (Wildman–Crippen LogP) is 5.64. The van der Waals surface area contributed by atoms with E-state index in [0.29, 0.717) is 16.0 Å². The lowest BCUT2D eigenvalue weighted by atomic mass is 10.0. The van der Waals surface area contributed by atoms with Crippen molar-refractivity contribution in [2.75, 3.05) is 4.90 Å². The van der Waals surface area contributed by atoms with E-state index in [1.54, 1.807) is 16.5 Å². The Morgan fingerprint density at radius 2 is 1.82 bits per heavy atom. The van der Waals surface area contributed by atoms with Crippen molar-refractivity contribution >= 4 is 39.8 Å². The maximum absolute atomic E-state index is 12.6. The van der Waals surface area contributed by atoms with E-state index in [-0.39, 0.29) is 5.91 Å². The number of benzene rings is 2. The third kappa shape index (κ3) is 4.69. The molecule has 0 atom stereocenters. The standard InChI is InChI=1S/C24H26N6OS2/c1-14-10-16(3)22(17(4)11-14)29(19(6)31)23-25-20(12-32-23)13-33-24-26-27-28-30(24)21-9-7-8-15(2)18(21)5/h7-12H,13H2,1-6H3. The molecule has 4 aromatic rings. The Morgan fingerprint density at radius 1 is 1.09 bits per heavy atom. The predicted molar refractivity (Wildman–Crippen MR) is 134 cm³/mol. The van der Waals surface area contributed by atoms with E-state index in [2.05, 4.69) is 54.5 Å². The van der Waals surface area contributed by atoms with Crippen molar-refractivity contribution < 1.29 is 4.79 Å². The summed E-state index contributed by atoms with van der Waals surface area (Å²) in [5.74, 6) is 0.539. The largest absolute Gasteiger partial charge is 0.274 e. The summed E-state index contributed by atoms with van der Waals surface area (Å²) in [4.78, 5) is 19.1. The summed E-state index contributed by atoms with van der Waals surface area (Å²) in [5.41, 5.74) is 8.37.